The van der Waals surface area contributed by atoms with Gasteiger partial charge in [0.05, 0.1) is 11.5 Å². The van der Waals surface area contributed by atoms with Crippen LogP contribution in [0.5, 0.6) is 0 Å². The predicted molar refractivity (Wildman–Crippen MR) is 68.4 cm³/mol. The van der Waals surface area contributed by atoms with E-state index in [1.54, 1.807) is 24.6 Å². The third-order valence-electron chi connectivity index (χ3n) is 3.41. The largest absolute Gasteiger partial charge is 0.481 e. The van der Waals surface area contributed by atoms with Crippen molar-refractivity contribution in [2.24, 2.45) is 13.0 Å². The SMILES string of the molecule is CC(Cc1cc2cc(C(F)(F)F)ccc2n1C)C(=O)O. The van der Waals surface area contributed by atoms with Crippen molar-refractivity contribution in [1.29, 1.82) is 0 Å². The zero-order valence-corrected chi connectivity index (χ0v) is 11.0. The van der Waals surface area contributed by atoms with Crippen LogP contribution in [0.3, 0.4) is 0 Å². The zero-order chi connectivity index (χ0) is 15.1. The van der Waals surface area contributed by atoms with Gasteiger partial charge < -0.3 is 9.67 Å². The summed E-state index contributed by atoms with van der Waals surface area (Å²) in [7, 11) is 1.72. The summed E-state index contributed by atoms with van der Waals surface area (Å²) < 4.78 is 39.7. The van der Waals surface area contributed by atoms with Crippen molar-refractivity contribution in [2.45, 2.75) is 19.5 Å². The number of carboxylic acid groups (broad SMARTS) is 1. The van der Waals surface area contributed by atoms with Gasteiger partial charge in [0, 0.05) is 30.1 Å². The number of aryl methyl sites for hydroxylation is 1. The highest BCUT2D eigenvalue weighted by molar-refractivity contribution is 5.82. The molecule has 108 valence electrons. The summed E-state index contributed by atoms with van der Waals surface area (Å²) >= 11 is 0. The number of aliphatic carboxylic acids is 1. The van der Waals surface area contributed by atoms with Gasteiger partial charge in [-0.05, 0) is 24.3 Å². The minimum atomic E-state index is -4.38. The Morgan fingerprint density at radius 1 is 1.35 bits per heavy atom. The fourth-order valence-electron chi connectivity index (χ4n) is 2.18. The van der Waals surface area contributed by atoms with E-state index in [-0.39, 0.29) is 6.42 Å². The van der Waals surface area contributed by atoms with Gasteiger partial charge in [0.25, 0.3) is 0 Å². The van der Waals surface area contributed by atoms with E-state index in [1.165, 1.54) is 6.07 Å². The number of benzene rings is 1. The quantitative estimate of drug-likeness (QED) is 0.938. The molecule has 0 aliphatic rings. The van der Waals surface area contributed by atoms with Crippen molar-refractivity contribution < 1.29 is 23.1 Å². The van der Waals surface area contributed by atoms with Gasteiger partial charge in [-0.25, -0.2) is 0 Å². The molecule has 1 unspecified atom stereocenters. The normalized spacial score (nSPS) is 13.7. The molecule has 3 nitrogen and oxygen atoms in total. The van der Waals surface area contributed by atoms with E-state index in [0.717, 1.165) is 12.1 Å². The maximum Gasteiger partial charge on any atom is 0.416 e. The van der Waals surface area contributed by atoms with Crippen molar-refractivity contribution in [3.05, 3.63) is 35.5 Å². The molecule has 0 spiro atoms. The third-order valence-corrected chi connectivity index (χ3v) is 3.41. The molecule has 6 heteroatoms. The van der Waals surface area contributed by atoms with Gasteiger partial charge in [-0.1, -0.05) is 6.92 Å². The second kappa shape index (κ2) is 4.85. The van der Waals surface area contributed by atoms with Gasteiger partial charge in [-0.2, -0.15) is 13.2 Å². The number of nitrogens with zero attached hydrogens (tertiary/aromatic N) is 1. The molecule has 0 radical (unpaired) electrons. The van der Waals surface area contributed by atoms with Crippen LogP contribution in [0.1, 0.15) is 18.2 Å². The maximum absolute atomic E-state index is 12.7. The van der Waals surface area contributed by atoms with E-state index in [0.29, 0.717) is 16.6 Å². The molecule has 1 atom stereocenters. The average Bonchev–Trinajstić information content (AvgIpc) is 2.64. The first-order valence-electron chi connectivity index (χ1n) is 6.08. The Morgan fingerprint density at radius 2 is 2.00 bits per heavy atom. The topological polar surface area (TPSA) is 42.2 Å². The monoisotopic (exact) mass is 285 g/mol. The lowest BCUT2D eigenvalue weighted by molar-refractivity contribution is -0.141. The number of fused-ring (bicyclic) bond motifs is 1. The van der Waals surface area contributed by atoms with Crippen molar-refractivity contribution in [3.63, 3.8) is 0 Å². The van der Waals surface area contributed by atoms with Gasteiger partial charge in [0.15, 0.2) is 0 Å². The molecule has 0 aliphatic heterocycles. The van der Waals surface area contributed by atoms with Gasteiger partial charge in [-0.3, -0.25) is 4.79 Å². The van der Waals surface area contributed by atoms with Gasteiger partial charge in [0.1, 0.15) is 0 Å². The second-order valence-corrected chi connectivity index (χ2v) is 4.91. The molecule has 0 fully saturated rings. The van der Waals surface area contributed by atoms with Crippen LogP contribution in [0.25, 0.3) is 10.9 Å². The lowest BCUT2D eigenvalue weighted by Gasteiger charge is -2.08. The molecule has 2 aromatic rings. The standard InChI is InChI=1S/C14H14F3NO2/c1-8(13(19)20)5-11-7-9-6-10(14(15,16)17)3-4-12(9)18(11)2/h3-4,6-8H,5H2,1-2H3,(H,19,20). The molecule has 0 bridgehead atoms. The Labute approximate surface area is 113 Å². The molecule has 1 aromatic heterocycles. The van der Waals surface area contributed by atoms with E-state index in [2.05, 4.69) is 0 Å². The summed E-state index contributed by atoms with van der Waals surface area (Å²) in [5.41, 5.74) is 0.660. The number of hydrogen-bond acceptors (Lipinski definition) is 1. The molecule has 1 heterocycles. The molecule has 20 heavy (non-hydrogen) atoms. The lowest BCUT2D eigenvalue weighted by Crippen LogP contribution is -2.13. The van der Waals surface area contributed by atoms with Gasteiger partial charge >= 0.3 is 12.1 Å². The number of rotatable bonds is 3. The summed E-state index contributed by atoms with van der Waals surface area (Å²) in [6.07, 6.45) is -4.10. The fraction of sp³-hybridized carbons (Fsp3) is 0.357. The van der Waals surface area contributed by atoms with Crippen LogP contribution in [-0.2, 0) is 24.4 Å². The zero-order valence-electron chi connectivity index (χ0n) is 11.0. The Balaban J connectivity index is 2.44. The summed E-state index contributed by atoms with van der Waals surface area (Å²) in [5.74, 6) is -1.51. The Kier molecular flexibility index (Phi) is 3.50. The van der Waals surface area contributed by atoms with E-state index in [1.807, 2.05) is 0 Å². The summed E-state index contributed by atoms with van der Waals surface area (Å²) in [6.45, 7) is 1.57. The predicted octanol–water partition coefficient (Wildman–Crippen LogP) is 3.46. The number of aromatic nitrogens is 1. The Hall–Kier alpha value is -1.98. The summed E-state index contributed by atoms with van der Waals surface area (Å²) in [5, 5.41) is 9.37. The van der Waals surface area contributed by atoms with Crippen LogP contribution >= 0.6 is 0 Å². The highest BCUT2D eigenvalue weighted by atomic mass is 19.4. The molecule has 1 N–H and O–H groups in total. The van der Waals surface area contributed by atoms with E-state index < -0.39 is 23.6 Å². The Bertz CT molecular complexity index is 658. The van der Waals surface area contributed by atoms with Crippen LogP contribution in [0.15, 0.2) is 24.3 Å². The summed E-state index contributed by atoms with van der Waals surface area (Å²) in [4.78, 5) is 10.9. The van der Waals surface area contributed by atoms with Crippen molar-refractivity contribution in [1.82, 2.24) is 4.57 Å². The highest BCUT2D eigenvalue weighted by Gasteiger charge is 2.30. The van der Waals surface area contributed by atoms with E-state index >= 15 is 0 Å². The molecular formula is C14H14F3NO2. The number of halogens is 3. The molecule has 0 aliphatic carbocycles. The van der Waals surface area contributed by atoms with Gasteiger partial charge in [-0.15, -0.1) is 0 Å². The molecule has 0 saturated carbocycles. The van der Waals surface area contributed by atoms with Crippen LogP contribution < -0.4 is 0 Å². The maximum atomic E-state index is 12.7. The average molecular weight is 285 g/mol. The Morgan fingerprint density at radius 3 is 2.55 bits per heavy atom. The fourth-order valence-corrected chi connectivity index (χ4v) is 2.18. The highest BCUT2D eigenvalue weighted by Crippen LogP contribution is 2.32. The van der Waals surface area contributed by atoms with Crippen LogP contribution in [0.2, 0.25) is 0 Å². The smallest absolute Gasteiger partial charge is 0.416 e. The molecule has 0 amide bonds. The first-order chi connectivity index (χ1) is 9.20. The van der Waals surface area contributed by atoms with Gasteiger partial charge in [0.2, 0.25) is 0 Å². The lowest BCUT2D eigenvalue weighted by atomic mass is 10.1. The number of carbonyl (C=O) groups is 1. The van der Waals surface area contributed by atoms with Crippen molar-refractivity contribution in [3.8, 4) is 0 Å². The number of hydrogen-bond donors (Lipinski definition) is 1. The minimum absolute atomic E-state index is 0.280. The first kappa shape index (κ1) is 14.4. The number of carboxylic acids is 1. The van der Waals surface area contributed by atoms with Crippen molar-refractivity contribution >= 4 is 16.9 Å². The molecular weight excluding hydrogens is 271 g/mol. The van der Waals surface area contributed by atoms with Crippen molar-refractivity contribution in [2.75, 3.05) is 0 Å². The second-order valence-electron chi connectivity index (χ2n) is 4.91. The summed E-state index contributed by atoms with van der Waals surface area (Å²) in [6, 6.07) is 5.15. The van der Waals surface area contributed by atoms with E-state index in [4.69, 9.17) is 5.11 Å². The van der Waals surface area contributed by atoms with E-state index in [9.17, 15) is 18.0 Å². The first-order valence-corrected chi connectivity index (χ1v) is 6.08. The molecule has 1 aromatic carbocycles. The van der Waals surface area contributed by atoms with Crippen LogP contribution in [0, 0.1) is 5.92 Å². The molecule has 0 saturated heterocycles. The van der Waals surface area contributed by atoms with Crippen LogP contribution in [-0.4, -0.2) is 15.6 Å². The van der Waals surface area contributed by atoms with Crippen LogP contribution in [0.4, 0.5) is 13.2 Å². The minimum Gasteiger partial charge on any atom is -0.481 e. The molecule has 2 rings (SSSR count). The number of alkyl halides is 3. The third kappa shape index (κ3) is 2.64.